The number of aromatic nitrogens is 2. The molecule has 0 saturated heterocycles. The molecule has 0 aliphatic rings. The van der Waals surface area contributed by atoms with Gasteiger partial charge >= 0.3 is 6.18 Å². The summed E-state index contributed by atoms with van der Waals surface area (Å²) in [6.45, 7) is 16.7. The summed E-state index contributed by atoms with van der Waals surface area (Å²) in [5, 5.41) is 13.5. The molecule has 370 valence electrons. The lowest BCUT2D eigenvalue weighted by Gasteiger charge is -2.24. The lowest BCUT2D eigenvalue weighted by Crippen LogP contribution is -2.17. The first kappa shape index (κ1) is 48.0. The number of alkyl halides is 3. The maximum absolute atomic E-state index is 17.3. The van der Waals surface area contributed by atoms with E-state index in [2.05, 4.69) is 159 Å². The van der Waals surface area contributed by atoms with E-state index in [0.717, 1.165) is 111 Å². The van der Waals surface area contributed by atoms with Gasteiger partial charge in [0.25, 0.3) is 0 Å². The molecular formula is C70H54F3N3. The molecule has 10 aromatic carbocycles. The van der Waals surface area contributed by atoms with Crippen LogP contribution in [0.2, 0.25) is 0 Å². The molecule has 0 bridgehead atoms. The van der Waals surface area contributed by atoms with E-state index in [0.29, 0.717) is 38.8 Å². The molecule has 0 radical (unpaired) electrons. The van der Waals surface area contributed by atoms with Crippen molar-refractivity contribution in [2.24, 2.45) is 0 Å². The summed E-state index contributed by atoms with van der Waals surface area (Å²) in [5.41, 5.74) is 20.1. The van der Waals surface area contributed by atoms with Crippen molar-refractivity contribution in [2.45, 2.75) is 61.6 Å². The van der Waals surface area contributed by atoms with Crippen molar-refractivity contribution in [1.82, 2.24) is 9.13 Å². The van der Waals surface area contributed by atoms with Crippen LogP contribution in [-0.4, -0.2) is 9.13 Å². The Morgan fingerprint density at radius 3 is 1.04 bits per heavy atom. The topological polar surface area (TPSA) is 33.6 Å². The van der Waals surface area contributed by atoms with Crippen LogP contribution in [-0.2, 0) is 6.18 Å². The Bertz CT molecular complexity index is 4220. The second-order valence-corrected chi connectivity index (χ2v) is 20.9. The summed E-state index contributed by atoms with van der Waals surface area (Å²) in [4.78, 5) is 0. The molecule has 2 aromatic heterocycles. The van der Waals surface area contributed by atoms with E-state index in [4.69, 9.17) is 0 Å². The van der Waals surface area contributed by atoms with Gasteiger partial charge in [0, 0.05) is 27.1 Å². The molecule has 0 spiro atoms. The van der Waals surface area contributed by atoms with E-state index >= 15 is 13.2 Å². The van der Waals surface area contributed by atoms with Gasteiger partial charge in [-0.15, -0.1) is 0 Å². The van der Waals surface area contributed by atoms with Gasteiger partial charge in [-0.2, -0.15) is 18.4 Å². The van der Waals surface area contributed by atoms with Gasteiger partial charge in [0.2, 0.25) is 0 Å². The number of benzene rings is 10. The van der Waals surface area contributed by atoms with Crippen LogP contribution in [0.4, 0.5) is 13.2 Å². The predicted molar refractivity (Wildman–Crippen MR) is 310 cm³/mol. The second kappa shape index (κ2) is 18.2. The smallest absolute Gasteiger partial charge is 0.309 e. The molecule has 76 heavy (non-hydrogen) atoms. The number of halogens is 3. The molecule has 0 unspecified atom stereocenters. The third-order valence-electron chi connectivity index (χ3n) is 15.5. The minimum Gasteiger partial charge on any atom is -0.309 e. The first-order chi connectivity index (χ1) is 36.5. The van der Waals surface area contributed by atoms with Crippen LogP contribution in [0.25, 0.3) is 111 Å². The number of aryl methyl sites for hydroxylation is 8. The van der Waals surface area contributed by atoms with E-state index in [1.165, 1.54) is 0 Å². The molecule has 0 aliphatic carbocycles. The van der Waals surface area contributed by atoms with E-state index in [1.807, 2.05) is 63.7 Å². The van der Waals surface area contributed by atoms with Crippen molar-refractivity contribution in [3.05, 3.63) is 238 Å². The van der Waals surface area contributed by atoms with Gasteiger partial charge in [0.05, 0.1) is 45.1 Å². The van der Waals surface area contributed by atoms with E-state index in [9.17, 15) is 5.26 Å². The lowest BCUT2D eigenvalue weighted by atomic mass is 9.95. The van der Waals surface area contributed by atoms with Crippen molar-refractivity contribution in [3.63, 3.8) is 0 Å². The Morgan fingerprint density at radius 1 is 0.355 bits per heavy atom. The molecule has 6 heteroatoms. The minimum atomic E-state index is -4.89. The number of rotatable bonds is 7. The first-order valence-electron chi connectivity index (χ1n) is 25.8. The summed E-state index contributed by atoms with van der Waals surface area (Å²) in [6.07, 6.45) is -4.89. The lowest BCUT2D eigenvalue weighted by molar-refractivity contribution is -0.137. The molecule has 0 amide bonds. The van der Waals surface area contributed by atoms with Crippen molar-refractivity contribution in [2.75, 3.05) is 0 Å². The average Bonchev–Trinajstić information content (AvgIpc) is 4.04. The number of hydrogen-bond donors (Lipinski definition) is 0. The highest BCUT2D eigenvalue weighted by molar-refractivity contribution is 6.14. The molecule has 0 fully saturated rings. The summed E-state index contributed by atoms with van der Waals surface area (Å²) >= 11 is 0. The van der Waals surface area contributed by atoms with Crippen LogP contribution in [0, 0.1) is 66.7 Å². The number of nitriles is 1. The highest BCUT2D eigenvalue weighted by Gasteiger charge is 2.40. The Morgan fingerprint density at radius 2 is 0.697 bits per heavy atom. The van der Waals surface area contributed by atoms with Crippen LogP contribution < -0.4 is 0 Å². The third kappa shape index (κ3) is 8.06. The molecule has 3 nitrogen and oxygen atoms in total. The fraction of sp³-hybridized carbons (Fsp3) is 0.129. The number of nitrogens with zero attached hydrogens (tertiary/aromatic N) is 3. The number of hydrogen-bond acceptors (Lipinski definition) is 1. The third-order valence-corrected chi connectivity index (χ3v) is 15.5. The molecule has 2 heterocycles. The van der Waals surface area contributed by atoms with Gasteiger partial charge in [-0.3, -0.25) is 0 Å². The Hall–Kier alpha value is -8.92. The van der Waals surface area contributed by atoms with Gasteiger partial charge in [0.15, 0.2) is 0 Å². The fourth-order valence-corrected chi connectivity index (χ4v) is 12.0. The van der Waals surface area contributed by atoms with Crippen LogP contribution in [0.3, 0.4) is 0 Å². The SMILES string of the molecule is Cc1ccc(-c2ccc3c(c2)c2cc(-c4ccc(C)cc4C)ccc2n3-c2ccc(-c3cccc(C#N)c3)c(-n3c4ccc(-c5ccc(C)cc5C)cc4c4cc(-c5ccc(C)cc5C)ccc43)c2C(F)(F)F)c(C)c1. The second-order valence-electron chi connectivity index (χ2n) is 20.9. The van der Waals surface area contributed by atoms with Crippen molar-refractivity contribution in [3.8, 4) is 73.1 Å². The quantitative estimate of drug-likeness (QED) is 0.157. The first-order valence-corrected chi connectivity index (χ1v) is 25.8. The summed E-state index contributed by atoms with van der Waals surface area (Å²) in [6, 6.07) is 62.7. The maximum Gasteiger partial charge on any atom is 0.420 e. The highest BCUT2D eigenvalue weighted by Crippen LogP contribution is 2.49. The Kier molecular flexibility index (Phi) is 11.5. The molecule has 0 N–H and O–H groups in total. The van der Waals surface area contributed by atoms with E-state index < -0.39 is 11.7 Å². The summed E-state index contributed by atoms with van der Waals surface area (Å²) < 4.78 is 55.6. The maximum atomic E-state index is 17.3. The van der Waals surface area contributed by atoms with Crippen molar-refractivity contribution < 1.29 is 13.2 Å². The largest absolute Gasteiger partial charge is 0.420 e. The van der Waals surface area contributed by atoms with Crippen molar-refractivity contribution in [1.29, 1.82) is 5.26 Å². The molecule has 0 atom stereocenters. The fourth-order valence-electron chi connectivity index (χ4n) is 12.0. The standard InChI is InChI=1S/C70H54F3N3/c1-40-12-20-54(44(5)30-40)50-16-25-63-59(35-50)60-36-51(55-21-13-41(2)31-45(55)6)17-26-64(60)75(63)67-29-24-58(49-11-9-10-48(34-49)39-74)69(68(67)70(71,72)73)76-65-27-18-52(56-22-14-42(3)32-46(56)7)37-61(65)62-38-53(19-28-66(62)76)57-23-15-43(4)33-47(57)8/h9-38H,1-8H3. The summed E-state index contributed by atoms with van der Waals surface area (Å²) in [5.74, 6) is 0. The van der Waals surface area contributed by atoms with E-state index in [-0.39, 0.29) is 11.4 Å². The Labute approximate surface area is 441 Å². The van der Waals surface area contributed by atoms with Crippen LogP contribution in [0.15, 0.2) is 182 Å². The molecule has 0 saturated carbocycles. The zero-order chi connectivity index (χ0) is 52.9. The normalized spacial score (nSPS) is 11.9. The zero-order valence-electron chi connectivity index (χ0n) is 43.8. The van der Waals surface area contributed by atoms with Gasteiger partial charge in [-0.05, 0) is 194 Å². The molecule has 12 aromatic rings. The predicted octanol–water partition coefficient (Wildman–Crippen LogP) is 19.6. The van der Waals surface area contributed by atoms with Gasteiger partial charge in [-0.1, -0.05) is 138 Å². The van der Waals surface area contributed by atoms with Gasteiger partial charge < -0.3 is 9.13 Å². The van der Waals surface area contributed by atoms with Crippen LogP contribution in [0.5, 0.6) is 0 Å². The highest BCUT2D eigenvalue weighted by atomic mass is 19.4. The van der Waals surface area contributed by atoms with Crippen molar-refractivity contribution >= 4 is 43.6 Å². The van der Waals surface area contributed by atoms with Crippen LogP contribution >= 0.6 is 0 Å². The van der Waals surface area contributed by atoms with Gasteiger partial charge in [-0.25, -0.2) is 0 Å². The van der Waals surface area contributed by atoms with E-state index in [1.54, 1.807) is 30.3 Å². The molecule has 12 rings (SSSR count). The minimum absolute atomic E-state index is 0.00461. The number of fused-ring (bicyclic) bond motifs is 6. The Balaban J connectivity index is 1.22. The zero-order valence-corrected chi connectivity index (χ0v) is 43.8. The molecular weight excluding hydrogens is 940 g/mol. The van der Waals surface area contributed by atoms with Crippen LogP contribution in [0.1, 0.15) is 55.6 Å². The van der Waals surface area contributed by atoms with Gasteiger partial charge in [0.1, 0.15) is 5.56 Å². The monoisotopic (exact) mass is 993 g/mol. The molecule has 0 aliphatic heterocycles. The summed E-state index contributed by atoms with van der Waals surface area (Å²) in [7, 11) is 0. The average molecular weight is 994 g/mol.